The minimum Gasteiger partial charge on any atom is -0.303 e. The molecule has 7 heteroatoms. The van der Waals surface area contributed by atoms with E-state index < -0.39 is 23.4 Å². The van der Waals surface area contributed by atoms with Gasteiger partial charge in [0, 0.05) is 25.1 Å². The predicted octanol–water partition coefficient (Wildman–Crippen LogP) is 9.03. The number of alkyl halides is 3. The number of rotatable bonds is 12. The molecule has 0 saturated carbocycles. The highest BCUT2D eigenvalue weighted by Gasteiger charge is 2.30. The lowest BCUT2D eigenvalue weighted by Gasteiger charge is -2.25. The van der Waals surface area contributed by atoms with Crippen LogP contribution in [0.1, 0.15) is 68.7 Å². The Morgan fingerprint density at radius 1 is 0.769 bits per heavy atom. The summed E-state index contributed by atoms with van der Waals surface area (Å²) in [6.45, 7) is 9.71. The lowest BCUT2D eigenvalue weighted by atomic mass is 9.88. The third kappa shape index (κ3) is 9.27. The Labute approximate surface area is 227 Å². The minimum atomic E-state index is -4.43. The summed E-state index contributed by atoms with van der Waals surface area (Å²) >= 11 is 0. The van der Waals surface area contributed by atoms with Crippen LogP contribution in [-0.2, 0) is 24.1 Å². The summed E-state index contributed by atoms with van der Waals surface area (Å²) in [5, 5.41) is 0. The Morgan fingerprint density at radius 2 is 1.36 bits per heavy atom. The largest absolute Gasteiger partial charge is 0.416 e. The monoisotopic (exact) mass is 545 g/mol. The van der Waals surface area contributed by atoms with E-state index in [9.17, 15) is 26.7 Å². The van der Waals surface area contributed by atoms with Gasteiger partial charge < -0.3 is 4.79 Å². The zero-order chi connectivity index (χ0) is 28.7. The summed E-state index contributed by atoms with van der Waals surface area (Å²) in [5.41, 5.74) is 2.79. The Morgan fingerprint density at radius 3 is 1.87 bits per heavy atom. The fourth-order valence-corrected chi connectivity index (χ4v) is 4.69. The molecule has 0 spiro atoms. The van der Waals surface area contributed by atoms with Gasteiger partial charge in [-0.2, -0.15) is 13.2 Å². The molecule has 0 saturated heterocycles. The van der Waals surface area contributed by atoms with Crippen molar-refractivity contribution < 1.29 is 26.7 Å². The zero-order valence-corrected chi connectivity index (χ0v) is 22.9. The van der Waals surface area contributed by atoms with E-state index in [-0.39, 0.29) is 11.8 Å². The first-order valence-electron chi connectivity index (χ1n) is 13.3. The van der Waals surface area contributed by atoms with E-state index in [0.29, 0.717) is 48.7 Å². The molecule has 0 aliphatic rings. The van der Waals surface area contributed by atoms with Crippen LogP contribution in [0.5, 0.6) is 0 Å². The lowest BCUT2D eigenvalue weighted by Crippen LogP contribution is -2.25. The van der Waals surface area contributed by atoms with Gasteiger partial charge in [0.05, 0.1) is 5.56 Å². The van der Waals surface area contributed by atoms with E-state index in [4.69, 9.17) is 0 Å². The van der Waals surface area contributed by atoms with E-state index in [2.05, 4.69) is 18.7 Å². The number of benzene rings is 3. The molecule has 0 aliphatic carbocycles. The lowest BCUT2D eigenvalue weighted by molar-refractivity contribution is -0.137. The zero-order valence-electron chi connectivity index (χ0n) is 22.9. The average Bonchev–Trinajstić information content (AvgIpc) is 2.84. The Balaban J connectivity index is 2.02. The number of hydrogen-bond acceptors (Lipinski definition) is 2. The van der Waals surface area contributed by atoms with Crippen molar-refractivity contribution in [2.45, 2.75) is 65.7 Å². The highest BCUT2D eigenvalue weighted by atomic mass is 19.4. The molecule has 210 valence electrons. The number of hydrogen-bond donors (Lipinski definition) is 0. The first kappa shape index (κ1) is 30.5. The van der Waals surface area contributed by atoms with Crippen molar-refractivity contribution in [1.29, 1.82) is 0 Å². The molecule has 0 fully saturated rings. The summed E-state index contributed by atoms with van der Waals surface area (Å²) in [4.78, 5) is 14.2. The molecule has 0 bridgehead atoms. The van der Waals surface area contributed by atoms with Crippen molar-refractivity contribution in [2.75, 3.05) is 6.54 Å². The van der Waals surface area contributed by atoms with E-state index in [1.807, 2.05) is 32.0 Å². The maximum Gasteiger partial charge on any atom is 0.416 e. The molecule has 0 aliphatic heterocycles. The molecule has 39 heavy (non-hydrogen) atoms. The molecule has 0 aromatic heterocycles. The fourth-order valence-electron chi connectivity index (χ4n) is 4.69. The van der Waals surface area contributed by atoms with Crippen molar-refractivity contribution in [2.24, 2.45) is 11.8 Å². The number of halogens is 5. The van der Waals surface area contributed by atoms with Crippen molar-refractivity contribution >= 4 is 6.29 Å². The molecular weight excluding hydrogens is 509 g/mol. The van der Waals surface area contributed by atoms with Crippen LogP contribution in [0, 0.1) is 23.5 Å². The predicted molar refractivity (Wildman–Crippen MR) is 145 cm³/mol. The van der Waals surface area contributed by atoms with Gasteiger partial charge in [0.15, 0.2) is 0 Å². The smallest absolute Gasteiger partial charge is 0.303 e. The molecule has 0 radical (unpaired) electrons. The van der Waals surface area contributed by atoms with Gasteiger partial charge in [-0.05, 0) is 89.4 Å². The van der Waals surface area contributed by atoms with Crippen molar-refractivity contribution in [1.82, 2.24) is 4.90 Å². The summed E-state index contributed by atoms with van der Waals surface area (Å²) in [7, 11) is 0. The Kier molecular flexibility index (Phi) is 10.4. The second kappa shape index (κ2) is 13.3. The van der Waals surface area contributed by atoms with Gasteiger partial charge in [0.2, 0.25) is 0 Å². The van der Waals surface area contributed by atoms with E-state index in [0.717, 1.165) is 42.0 Å². The molecule has 0 amide bonds. The maximum atomic E-state index is 13.9. The molecule has 3 rings (SSSR count). The fraction of sp³-hybridized carbons (Fsp3) is 0.406. The van der Waals surface area contributed by atoms with Gasteiger partial charge in [-0.3, -0.25) is 4.90 Å². The molecule has 0 N–H and O–H groups in total. The quantitative estimate of drug-likeness (QED) is 0.167. The van der Waals surface area contributed by atoms with Crippen LogP contribution < -0.4 is 0 Å². The van der Waals surface area contributed by atoms with Gasteiger partial charge in [0.1, 0.15) is 17.9 Å². The Bertz CT molecular complexity index is 1210. The molecule has 3 aromatic rings. The number of nitrogens with zero attached hydrogens (tertiary/aromatic N) is 1. The number of carbonyl (C=O) groups excluding carboxylic acids is 1. The minimum absolute atomic E-state index is 0.267. The van der Waals surface area contributed by atoms with Crippen LogP contribution in [0.25, 0.3) is 11.1 Å². The summed E-state index contributed by atoms with van der Waals surface area (Å²) in [5.74, 6) is -0.953. The average molecular weight is 546 g/mol. The van der Waals surface area contributed by atoms with Gasteiger partial charge in [-0.1, -0.05) is 52.0 Å². The molecule has 0 heterocycles. The normalized spacial score (nSPS) is 12.9. The second-order valence-corrected chi connectivity index (χ2v) is 11.1. The molecule has 2 nitrogen and oxygen atoms in total. The van der Waals surface area contributed by atoms with Gasteiger partial charge in [-0.25, -0.2) is 8.78 Å². The number of carbonyl (C=O) groups is 1. The highest BCUT2D eigenvalue weighted by molar-refractivity contribution is 5.69. The SMILES string of the molecule is CC(C)CCN(Cc1cc(F)cc(F)c1)Cc1cc(-c2ccc(C(F)(F)F)cc2)cc(C(C=O)CC(C)C)c1. The summed E-state index contributed by atoms with van der Waals surface area (Å²) in [6, 6.07) is 14.2. The van der Waals surface area contributed by atoms with Gasteiger partial charge in [-0.15, -0.1) is 0 Å². The standard InChI is InChI=1S/C32H36F5NO/c1-21(2)9-10-38(19-24-14-30(33)17-31(34)15-24)18-23-12-26(16-27(13-23)28(20-39)11-22(3)4)25-5-7-29(8-6-25)32(35,36)37/h5-8,12-17,20-22,28H,9-11,18-19H2,1-4H3. The topological polar surface area (TPSA) is 20.3 Å². The molecule has 1 atom stereocenters. The maximum absolute atomic E-state index is 13.9. The van der Waals surface area contributed by atoms with Crippen molar-refractivity contribution in [3.8, 4) is 11.1 Å². The van der Waals surface area contributed by atoms with Crippen LogP contribution in [0.3, 0.4) is 0 Å². The summed E-state index contributed by atoms with van der Waals surface area (Å²) in [6.07, 6.45) is -2.01. The van der Waals surface area contributed by atoms with Gasteiger partial charge in [0.25, 0.3) is 0 Å². The highest BCUT2D eigenvalue weighted by Crippen LogP contribution is 2.33. The van der Waals surface area contributed by atoms with Crippen LogP contribution >= 0.6 is 0 Å². The van der Waals surface area contributed by atoms with E-state index in [1.54, 1.807) is 0 Å². The third-order valence-corrected chi connectivity index (χ3v) is 6.64. The first-order valence-corrected chi connectivity index (χ1v) is 13.3. The van der Waals surface area contributed by atoms with Crippen molar-refractivity contribution in [3.05, 3.63) is 94.6 Å². The van der Waals surface area contributed by atoms with Crippen molar-refractivity contribution in [3.63, 3.8) is 0 Å². The molecule has 1 unspecified atom stereocenters. The first-order chi connectivity index (χ1) is 18.3. The number of aldehydes is 1. The molecule has 3 aromatic carbocycles. The van der Waals surface area contributed by atoms with Crippen LogP contribution in [0.15, 0.2) is 60.7 Å². The van der Waals surface area contributed by atoms with Crippen LogP contribution in [0.2, 0.25) is 0 Å². The summed E-state index contributed by atoms with van der Waals surface area (Å²) < 4.78 is 67.2. The van der Waals surface area contributed by atoms with Gasteiger partial charge >= 0.3 is 6.18 Å². The molecular formula is C32H36F5NO. The Hall–Kier alpha value is -3.06. The van der Waals surface area contributed by atoms with Crippen LogP contribution in [0.4, 0.5) is 22.0 Å². The van der Waals surface area contributed by atoms with E-state index in [1.165, 1.54) is 24.3 Å². The van der Waals surface area contributed by atoms with Crippen LogP contribution in [-0.4, -0.2) is 17.7 Å². The van der Waals surface area contributed by atoms with E-state index >= 15 is 0 Å². The second-order valence-electron chi connectivity index (χ2n) is 11.1. The third-order valence-electron chi connectivity index (χ3n) is 6.64.